The number of carbonyl (C=O) groups is 1. The average Bonchev–Trinajstić information content (AvgIpc) is 2.54. The predicted octanol–water partition coefficient (Wildman–Crippen LogP) is 2.70. The number of para-hydroxylation sites is 1. The molecule has 0 radical (unpaired) electrons. The molecule has 1 atom stereocenters. The molecule has 2 aromatic rings. The van der Waals surface area contributed by atoms with E-state index in [9.17, 15) is 17.6 Å². The first-order valence-electron chi connectivity index (χ1n) is 7.92. The molecule has 0 bridgehead atoms. The average molecular weight is 380 g/mol. The van der Waals surface area contributed by atoms with E-state index in [0.29, 0.717) is 6.61 Å². The monoisotopic (exact) mass is 380 g/mol. The van der Waals surface area contributed by atoms with Crippen molar-refractivity contribution in [2.75, 3.05) is 18.4 Å². The Balaban J connectivity index is 2.31. The Kier molecular flexibility index (Phi) is 6.33. The number of amides is 1. The lowest BCUT2D eigenvalue weighted by molar-refractivity contribution is 0.0906. The normalized spacial score (nSPS) is 12.5. The molecular formula is C18H21FN2O4S. The summed E-state index contributed by atoms with van der Waals surface area (Å²) in [5.74, 6) is -0.947. The zero-order valence-electron chi connectivity index (χ0n) is 14.7. The van der Waals surface area contributed by atoms with Gasteiger partial charge in [-0.3, -0.25) is 9.52 Å². The van der Waals surface area contributed by atoms with Crippen molar-refractivity contribution in [3.8, 4) is 0 Å². The molecule has 2 rings (SSSR count). The molecule has 0 aromatic heterocycles. The maximum atomic E-state index is 13.2. The first kappa shape index (κ1) is 19.9. The fourth-order valence-electron chi connectivity index (χ4n) is 2.48. The molecule has 0 aliphatic rings. The predicted molar refractivity (Wildman–Crippen MR) is 97.2 cm³/mol. The van der Waals surface area contributed by atoms with E-state index in [1.807, 2.05) is 0 Å². The first-order valence-corrected chi connectivity index (χ1v) is 9.40. The fraction of sp³-hybridized carbons (Fsp3) is 0.278. The lowest BCUT2D eigenvalue weighted by atomic mass is 10.1. The molecule has 26 heavy (non-hydrogen) atoms. The van der Waals surface area contributed by atoms with Crippen LogP contribution in [0.3, 0.4) is 0 Å². The van der Waals surface area contributed by atoms with E-state index < -0.39 is 21.7 Å². The van der Waals surface area contributed by atoms with Crippen LogP contribution in [0.25, 0.3) is 0 Å². The SMILES string of the molecule is COC[C@@H](C)NC(=O)c1ccccc1NS(=O)(=O)c1ccc(F)cc1C. The lowest BCUT2D eigenvalue weighted by Gasteiger charge is -2.16. The zero-order chi connectivity index (χ0) is 19.3. The standard InChI is InChI=1S/C18H21FN2O4S/c1-12-10-14(19)8-9-17(12)26(23,24)21-16-7-5-4-6-15(16)18(22)20-13(2)11-25-3/h4-10,13,21H,11H2,1-3H3,(H,20,22)/t13-/m1/s1. The van der Waals surface area contributed by atoms with Crippen molar-refractivity contribution in [1.82, 2.24) is 5.32 Å². The highest BCUT2D eigenvalue weighted by molar-refractivity contribution is 7.92. The van der Waals surface area contributed by atoms with Gasteiger partial charge in [0.25, 0.3) is 15.9 Å². The summed E-state index contributed by atoms with van der Waals surface area (Å²) in [6.45, 7) is 3.60. The van der Waals surface area contributed by atoms with Crippen LogP contribution in [0, 0.1) is 12.7 Å². The van der Waals surface area contributed by atoms with Gasteiger partial charge in [0.05, 0.1) is 22.8 Å². The summed E-state index contributed by atoms with van der Waals surface area (Å²) < 4.78 is 45.9. The van der Waals surface area contributed by atoms with E-state index >= 15 is 0 Å². The molecular weight excluding hydrogens is 359 g/mol. The number of methoxy groups -OCH3 is 1. The number of nitrogens with one attached hydrogen (secondary N) is 2. The largest absolute Gasteiger partial charge is 0.383 e. The smallest absolute Gasteiger partial charge is 0.262 e. The number of sulfonamides is 1. The molecule has 1 amide bonds. The minimum absolute atomic E-state index is 0.0538. The van der Waals surface area contributed by atoms with Gasteiger partial charge in [-0.2, -0.15) is 0 Å². The molecule has 6 nitrogen and oxygen atoms in total. The van der Waals surface area contributed by atoms with E-state index in [1.165, 1.54) is 32.2 Å². The van der Waals surface area contributed by atoms with Crippen molar-refractivity contribution in [2.24, 2.45) is 0 Å². The number of halogens is 1. The summed E-state index contributed by atoms with van der Waals surface area (Å²) in [6.07, 6.45) is 0. The van der Waals surface area contributed by atoms with Gasteiger partial charge in [0.2, 0.25) is 0 Å². The van der Waals surface area contributed by atoms with Crippen LogP contribution in [0.5, 0.6) is 0 Å². The third kappa shape index (κ3) is 4.80. The number of hydrogen-bond acceptors (Lipinski definition) is 4. The van der Waals surface area contributed by atoms with Gasteiger partial charge in [-0.1, -0.05) is 12.1 Å². The Morgan fingerprint density at radius 1 is 1.23 bits per heavy atom. The third-order valence-corrected chi connectivity index (χ3v) is 5.16. The summed E-state index contributed by atoms with van der Waals surface area (Å²) in [6, 6.07) is 9.43. The first-order chi connectivity index (χ1) is 12.2. The minimum atomic E-state index is -3.98. The maximum absolute atomic E-state index is 13.2. The van der Waals surface area contributed by atoms with Gasteiger partial charge in [0, 0.05) is 13.2 Å². The topological polar surface area (TPSA) is 84.5 Å². The van der Waals surface area contributed by atoms with E-state index in [-0.39, 0.29) is 27.8 Å². The summed E-state index contributed by atoms with van der Waals surface area (Å²) >= 11 is 0. The molecule has 2 aromatic carbocycles. The van der Waals surface area contributed by atoms with Crippen LogP contribution < -0.4 is 10.0 Å². The Hall–Kier alpha value is -2.45. The van der Waals surface area contributed by atoms with Crippen molar-refractivity contribution in [3.63, 3.8) is 0 Å². The van der Waals surface area contributed by atoms with Gasteiger partial charge in [-0.05, 0) is 49.7 Å². The van der Waals surface area contributed by atoms with Crippen molar-refractivity contribution in [3.05, 3.63) is 59.4 Å². The Morgan fingerprint density at radius 2 is 1.92 bits per heavy atom. The molecule has 0 aliphatic heterocycles. The molecule has 0 saturated heterocycles. The van der Waals surface area contributed by atoms with Gasteiger partial charge in [-0.15, -0.1) is 0 Å². The Labute approximate surface area is 152 Å². The van der Waals surface area contributed by atoms with E-state index in [4.69, 9.17) is 4.74 Å². The summed E-state index contributed by atoms with van der Waals surface area (Å²) in [5, 5.41) is 2.73. The Bertz CT molecular complexity index is 900. The van der Waals surface area contributed by atoms with E-state index in [1.54, 1.807) is 19.1 Å². The van der Waals surface area contributed by atoms with Gasteiger partial charge in [-0.25, -0.2) is 12.8 Å². The van der Waals surface area contributed by atoms with Crippen molar-refractivity contribution in [2.45, 2.75) is 24.8 Å². The molecule has 0 fully saturated rings. The molecule has 0 saturated carbocycles. The second-order valence-corrected chi connectivity index (χ2v) is 7.54. The van der Waals surface area contributed by atoms with Crippen LogP contribution in [0.2, 0.25) is 0 Å². The lowest BCUT2D eigenvalue weighted by Crippen LogP contribution is -2.36. The highest BCUT2D eigenvalue weighted by Gasteiger charge is 2.21. The van der Waals surface area contributed by atoms with Crippen LogP contribution in [-0.4, -0.2) is 34.1 Å². The van der Waals surface area contributed by atoms with E-state index in [0.717, 1.165) is 12.1 Å². The molecule has 2 N–H and O–H groups in total. The quantitative estimate of drug-likeness (QED) is 0.774. The number of aryl methyl sites for hydroxylation is 1. The van der Waals surface area contributed by atoms with Gasteiger partial charge < -0.3 is 10.1 Å². The number of ether oxygens (including phenoxy) is 1. The zero-order valence-corrected chi connectivity index (χ0v) is 15.6. The van der Waals surface area contributed by atoms with Crippen molar-refractivity contribution >= 4 is 21.6 Å². The van der Waals surface area contributed by atoms with Crippen molar-refractivity contribution < 1.29 is 22.3 Å². The summed E-state index contributed by atoms with van der Waals surface area (Å²) in [4.78, 5) is 12.4. The number of benzene rings is 2. The third-order valence-electron chi connectivity index (χ3n) is 3.64. The highest BCUT2D eigenvalue weighted by atomic mass is 32.2. The van der Waals surface area contributed by atoms with Crippen LogP contribution in [0.4, 0.5) is 10.1 Å². The summed E-state index contributed by atoms with van der Waals surface area (Å²) in [7, 11) is -2.45. The second-order valence-electron chi connectivity index (χ2n) is 5.89. The number of rotatable bonds is 7. The minimum Gasteiger partial charge on any atom is -0.383 e. The van der Waals surface area contributed by atoms with Crippen molar-refractivity contribution in [1.29, 1.82) is 0 Å². The molecule has 8 heteroatoms. The molecule has 0 unspecified atom stereocenters. The molecule has 0 spiro atoms. The summed E-state index contributed by atoms with van der Waals surface area (Å²) in [5.41, 5.74) is 0.588. The van der Waals surface area contributed by atoms with Gasteiger partial charge in [0.15, 0.2) is 0 Å². The highest BCUT2D eigenvalue weighted by Crippen LogP contribution is 2.22. The fourth-order valence-corrected chi connectivity index (χ4v) is 3.78. The molecule has 0 heterocycles. The second kappa shape index (κ2) is 8.29. The van der Waals surface area contributed by atoms with E-state index in [2.05, 4.69) is 10.0 Å². The van der Waals surface area contributed by atoms with Crippen LogP contribution >= 0.6 is 0 Å². The van der Waals surface area contributed by atoms with Crippen LogP contribution in [0.15, 0.2) is 47.4 Å². The molecule has 0 aliphatic carbocycles. The van der Waals surface area contributed by atoms with Crippen LogP contribution in [-0.2, 0) is 14.8 Å². The van der Waals surface area contributed by atoms with Gasteiger partial charge in [0.1, 0.15) is 5.82 Å². The van der Waals surface area contributed by atoms with Gasteiger partial charge >= 0.3 is 0 Å². The van der Waals surface area contributed by atoms with Crippen LogP contribution in [0.1, 0.15) is 22.8 Å². The number of hydrogen-bond donors (Lipinski definition) is 2. The Morgan fingerprint density at radius 3 is 2.58 bits per heavy atom. The number of anilines is 1. The number of carbonyl (C=O) groups excluding carboxylic acids is 1. The molecule has 140 valence electrons. The maximum Gasteiger partial charge on any atom is 0.262 e.